The van der Waals surface area contributed by atoms with E-state index in [2.05, 4.69) is 31.6 Å². The number of benzene rings is 2. The third kappa shape index (κ3) is 14.9. The molecule has 0 aromatic heterocycles. The first kappa shape index (κ1) is 41.1. The van der Waals surface area contributed by atoms with Gasteiger partial charge < -0.3 is 48.3 Å². The summed E-state index contributed by atoms with van der Waals surface area (Å²) in [6.07, 6.45) is -2.25. The van der Waals surface area contributed by atoms with Gasteiger partial charge >= 0.3 is 5.97 Å². The van der Waals surface area contributed by atoms with Gasteiger partial charge in [0.1, 0.15) is 24.2 Å². The summed E-state index contributed by atoms with van der Waals surface area (Å²) in [6, 6.07) is 7.94. The number of anilines is 1. The second-order valence-electron chi connectivity index (χ2n) is 11.5. The van der Waals surface area contributed by atoms with E-state index in [-0.39, 0.29) is 43.1 Å². The number of rotatable bonds is 20. The molecule has 2 aromatic carbocycles. The van der Waals surface area contributed by atoms with E-state index in [4.69, 9.17) is 11.5 Å². The van der Waals surface area contributed by atoms with E-state index in [1.807, 2.05) is 0 Å². The monoisotopic (exact) mass is 713 g/mol. The molecule has 5 atom stereocenters. The Kier molecular flexibility index (Phi) is 16.4. The number of aliphatic hydroxyl groups excluding tert-OH is 1. The number of aliphatic hydroxyl groups is 1. The van der Waals surface area contributed by atoms with E-state index in [1.165, 1.54) is 38.1 Å². The first-order valence-corrected chi connectivity index (χ1v) is 15.8. The molecule has 0 heterocycles. The van der Waals surface area contributed by atoms with Crippen LogP contribution in [0.1, 0.15) is 45.1 Å². The van der Waals surface area contributed by atoms with Crippen LogP contribution in [-0.4, -0.2) is 93.4 Å². The fourth-order valence-electron chi connectivity index (χ4n) is 4.70. The van der Waals surface area contributed by atoms with Crippen LogP contribution in [0, 0.1) is 10.1 Å². The molecule has 2 rings (SSSR count). The van der Waals surface area contributed by atoms with Gasteiger partial charge in [0, 0.05) is 44.1 Å². The average molecular weight is 714 g/mol. The van der Waals surface area contributed by atoms with Crippen LogP contribution in [0.5, 0.6) is 0 Å². The molecular weight excluding hydrogens is 670 g/mol. The van der Waals surface area contributed by atoms with E-state index in [0.717, 1.165) is 0 Å². The van der Waals surface area contributed by atoms with Crippen molar-refractivity contribution in [3.8, 4) is 0 Å². The number of nitro benzene ring substituents is 1. The topological polar surface area (TPSA) is 311 Å². The average Bonchev–Trinajstić information content (AvgIpc) is 3.06. The van der Waals surface area contributed by atoms with Gasteiger partial charge in [0.15, 0.2) is 5.96 Å². The lowest BCUT2D eigenvalue weighted by Crippen LogP contribution is -2.60. The number of carboxylic acids is 1. The maximum atomic E-state index is 13.5. The number of carboxylic acid groups (broad SMARTS) is 1. The number of nitrogens with one attached hydrogen (secondary N) is 5. The zero-order chi connectivity index (χ0) is 38.1. The molecule has 11 N–H and O–H groups in total. The summed E-state index contributed by atoms with van der Waals surface area (Å²) in [6.45, 7) is 2.51. The Bertz CT molecular complexity index is 1560. The van der Waals surface area contributed by atoms with Crippen molar-refractivity contribution >= 4 is 52.8 Å². The van der Waals surface area contributed by atoms with E-state index in [9.17, 15) is 49.1 Å². The van der Waals surface area contributed by atoms with Crippen molar-refractivity contribution in [2.24, 2.45) is 16.5 Å². The fourth-order valence-corrected chi connectivity index (χ4v) is 4.70. The van der Waals surface area contributed by atoms with Crippen LogP contribution < -0.4 is 38.1 Å². The molecule has 0 aliphatic rings. The van der Waals surface area contributed by atoms with Crippen molar-refractivity contribution in [1.82, 2.24) is 21.3 Å². The first-order chi connectivity index (χ1) is 24.1. The highest BCUT2D eigenvalue weighted by Gasteiger charge is 2.33. The molecule has 19 nitrogen and oxygen atoms in total. The summed E-state index contributed by atoms with van der Waals surface area (Å²) >= 11 is 0. The quantitative estimate of drug-likeness (QED) is 0.0263. The fraction of sp³-hybridized carbons (Fsp3) is 0.406. The molecule has 5 amide bonds. The Hall–Kier alpha value is -6.11. The lowest BCUT2D eigenvalue weighted by atomic mass is 10.0. The molecule has 0 fully saturated rings. The van der Waals surface area contributed by atoms with Crippen molar-refractivity contribution in [3.63, 3.8) is 0 Å². The lowest BCUT2D eigenvalue weighted by molar-refractivity contribution is -0.384. The van der Waals surface area contributed by atoms with Gasteiger partial charge in [-0.3, -0.25) is 43.9 Å². The number of aliphatic carboxylic acids is 1. The summed E-state index contributed by atoms with van der Waals surface area (Å²) in [4.78, 5) is 90.9. The standard InChI is InChI=1S/C32H43N9O10/c1-18(42)27(40-29(47)24(14-15-26(44)45)38-28(46)23(36-19(2)43)9-6-16-35-32(33)34)31(49)39-25(17-20-7-4-3-5-8-20)30(48)37-21-10-12-22(13-11-21)41(50)51/h3-5,7-8,10-13,18,23-25,27,42H,6,9,14-17H2,1-2H3,(H,36,43)(H,37,48)(H,38,46)(H,39,49)(H,40,47)(H,44,45)(H4,33,34,35)/t18-,23+,24+,25+,27+/m1/s1. The molecule has 0 saturated heterocycles. The third-order valence-corrected chi connectivity index (χ3v) is 7.24. The smallest absolute Gasteiger partial charge is 0.303 e. The van der Waals surface area contributed by atoms with Crippen molar-refractivity contribution in [1.29, 1.82) is 0 Å². The van der Waals surface area contributed by atoms with E-state index in [1.54, 1.807) is 30.3 Å². The highest BCUT2D eigenvalue weighted by atomic mass is 16.6. The molecule has 19 heteroatoms. The Morgan fingerprint density at radius 2 is 1.41 bits per heavy atom. The number of nitro groups is 1. The minimum atomic E-state index is -1.68. The van der Waals surface area contributed by atoms with Crippen LogP contribution in [0.25, 0.3) is 0 Å². The van der Waals surface area contributed by atoms with Gasteiger partial charge in [-0.05, 0) is 43.9 Å². The predicted molar refractivity (Wildman–Crippen MR) is 184 cm³/mol. The van der Waals surface area contributed by atoms with Crippen LogP contribution in [-0.2, 0) is 35.2 Å². The van der Waals surface area contributed by atoms with Crippen molar-refractivity contribution < 1.29 is 43.9 Å². The molecular formula is C32H43N9O10. The number of hydrogen-bond acceptors (Lipinski definition) is 10. The zero-order valence-corrected chi connectivity index (χ0v) is 28.0. The van der Waals surface area contributed by atoms with Crippen LogP contribution in [0.4, 0.5) is 11.4 Å². The molecule has 0 unspecified atom stereocenters. The van der Waals surface area contributed by atoms with Gasteiger partial charge in [-0.2, -0.15) is 0 Å². The Labute approximate surface area is 292 Å². The normalized spacial score (nSPS) is 13.5. The van der Waals surface area contributed by atoms with Crippen molar-refractivity contribution in [2.75, 3.05) is 11.9 Å². The first-order valence-electron chi connectivity index (χ1n) is 15.8. The summed E-state index contributed by atoms with van der Waals surface area (Å²) in [7, 11) is 0. The summed E-state index contributed by atoms with van der Waals surface area (Å²) in [5, 5.41) is 43.1. The Morgan fingerprint density at radius 3 is 1.96 bits per heavy atom. The second-order valence-corrected chi connectivity index (χ2v) is 11.5. The van der Waals surface area contributed by atoms with Crippen LogP contribution in [0.2, 0.25) is 0 Å². The summed E-state index contributed by atoms with van der Waals surface area (Å²) < 4.78 is 0. The number of nitrogens with zero attached hydrogens (tertiary/aromatic N) is 2. The number of carbonyl (C=O) groups is 6. The SMILES string of the molecule is CC(=O)N[C@@H](CCCN=C(N)N)C(=O)N[C@@H](CCC(=O)O)C(=O)N[C@H](C(=O)N[C@@H](Cc1ccccc1)C(=O)Nc1ccc([N+](=O)[O-])cc1)[C@@H](C)O. The van der Waals surface area contributed by atoms with E-state index < -0.39 is 83.5 Å². The number of aliphatic imine (C=N–C) groups is 1. The molecule has 2 aromatic rings. The third-order valence-electron chi connectivity index (χ3n) is 7.24. The molecule has 0 bridgehead atoms. The van der Waals surface area contributed by atoms with Crippen LogP contribution >= 0.6 is 0 Å². The van der Waals surface area contributed by atoms with Crippen LogP contribution in [0.3, 0.4) is 0 Å². The van der Waals surface area contributed by atoms with Gasteiger partial charge in [-0.15, -0.1) is 0 Å². The molecule has 0 spiro atoms. The van der Waals surface area contributed by atoms with Crippen LogP contribution in [0.15, 0.2) is 59.6 Å². The number of nitrogens with two attached hydrogens (primary N) is 2. The van der Waals surface area contributed by atoms with E-state index in [0.29, 0.717) is 5.56 Å². The second kappa shape index (κ2) is 20.4. The Balaban J connectivity index is 2.27. The van der Waals surface area contributed by atoms with Crippen molar-refractivity contribution in [3.05, 3.63) is 70.3 Å². The largest absolute Gasteiger partial charge is 0.481 e. The number of hydrogen-bond donors (Lipinski definition) is 9. The van der Waals surface area contributed by atoms with Gasteiger partial charge in [-0.1, -0.05) is 30.3 Å². The summed E-state index contributed by atoms with van der Waals surface area (Å²) in [5.74, 6) is -5.58. The zero-order valence-electron chi connectivity index (χ0n) is 28.0. The van der Waals surface area contributed by atoms with Crippen molar-refractivity contribution in [2.45, 2.75) is 76.2 Å². The number of non-ortho nitro benzene ring substituents is 1. The molecule has 0 aliphatic heterocycles. The highest BCUT2D eigenvalue weighted by molar-refractivity contribution is 5.99. The molecule has 0 saturated carbocycles. The van der Waals surface area contributed by atoms with Gasteiger partial charge in [0.2, 0.25) is 29.5 Å². The number of guanidine groups is 1. The summed E-state index contributed by atoms with van der Waals surface area (Å²) in [5.41, 5.74) is 11.3. The predicted octanol–water partition coefficient (Wildman–Crippen LogP) is -0.966. The van der Waals surface area contributed by atoms with Gasteiger partial charge in [0.25, 0.3) is 5.69 Å². The minimum absolute atomic E-state index is 0.0309. The molecule has 0 aliphatic carbocycles. The number of carbonyl (C=O) groups excluding carboxylic acids is 5. The molecule has 276 valence electrons. The number of amides is 5. The molecule has 51 heavy (non-hydrogen) atoms. The molecule has 0 radical (unpaired) electrons. The lowest BCUT2D eigenvalue weighted by Gasteiger charge is -2.27. The Morgan fingerprint density at radius 1 is 0.824 bits per heavy atom. The van der Waals surface area contributed by atoms with Gasteiger partial charge in [0.05, 0.1) is 11.0 Å². The highest BCUT2D eigenvalue weighted by Crippen LogP contribution is 2.16. The maximum absolute atomic E-state index is 13.5. The maximum Gasteiger partial charge on any atom is 0.303 e. The van der Waals surface area contributed by atoms with Gasteiger partial charge in [-0.25, -0.2) is 0 Å². The van der Waals surface area contributed by atoms with E-state index >= 15 is 0 Å². The minimum Gasteiger partial charge on any atom is -0.481 e.